The van der Waals surface area contributed by atoms with Gasteiger partial charge >= 0.3 is 0 Å². The van der Waals surface area contributed by atoms with Gasteiger partial charge in [0.1, 0.15) is 5.60 Å². The molecule has 0 aliphatic heterocycles. The van der Waals surface area contributed by atoms with Crippen LogP contribution >= 0.6 is 0 Å². The van der Waals surface area contributed by atoms with Crippen molar-refractivity contribution in [1.29, 1.82) is 0 Å². The molecule has 3 nitrogen and oxygen atoms in total. The lowest BCUT2D eigenvalue weighted by molar-refractivity contribution is 0.0305. The predicted octanol–water partition coefficient (Wildman–Crippen LogP) is 10.5. The van der Waals surface area contributed by atoms with Gasteiger partial charge in [0.2, 0.25) is 5.75 Å². The SMILES string of the molecule is CCCCCCCCCC(CCCCCC)(CCCCCCCCC)Oc1cccc(O)c1O. The second kappa shape index (κ2) is 19.9. The number of hydrogen-bond acceptors (Lipinski definition) is 3. The van der Waals surface area contributed by atoms with Gasteiger partial charge < -0.3 is 14.9 Å². The highest BCUT2D eigenvalue weighted by Gasteiger charge is 2.32. The van der Waals surface area contributed by atoms with E-state index >= 15 is 0 Å². The van der Waals surface area contributed by atoms with Crippen LogP contribution in [0.4, 0.5) is 0 Å². The number of aromatic hydroxyl groups is 2. The first-order chi connectivity index (χ1) is 16.6. The molecule has 0 aromatic heterocycles. The zero-order chi connectivity index (χ0) is 24.9. The Morgan fingerprint density at radius 3 is 1.38 bits per heavy atom. The van der Waals surface area contributed by atoms with Crippen LogP contribution in [-0.4, -0.2) is 15.8 Å². The highest BCUT2D eigenvalue weighted by atomic mass is 16.5. The summed E-state index contributed by atoms with van der Waals surface area (Å²) in [6, 6.07) is 5.11. The van der Waals surface area contributed by atoms with Crippen LogP contribution in [0.15, 0.2) is 18.2 Å². The average Bonchev–Trinajstić information content (AvgIpc) is 2.83. The number of unbranched alkanes of at least 4 members (excludes halogenated alkanes) is 15. The maximum Gasteiger partial charge on any atom is 0.200 e. The fourth-order valence-corrected chi connectivity index (χ4v) is 5.04. The van der Waals surface area contributed by atoms with E-state index in [0.717, 1.165) is 19.3 Å². The van der Waals surface area contributed by atoms with E-state index in [1.165, 1.54) is 122 Å². The normalized spacial score (nSPS) is 11.7. The van der Waals surface area contributed by atoms with Crippen LogP contribution in [0, 0.1) is 0 Å². The molecule has 3 heteroatoms. The molecule has 198 valence electrons. The van der Waals surface area contributed by atoms with Crippen molar-refractivity contribution in [2.45, 2.75) is 161 Å². The molecular formula is C31H56O3. The summed E-state index contributed by atoms with van der Waals surface area (Å²) in [4.78, 5) is 0. The molecule has 0 saturated heterocycles. The molecule has 1 rings (SSSR count). The second-order valence-electron chi connectivity index (χ2n) is 10.5. The Bertz CT molecular complexity index is 580. The molecule has 0 unspecified atom stereocenters. The van der Waals surface area contributed by atoms with Crippen LogP contribution in [0.1, 0.15) is 156 Å². The van der Waals surface area contributed by atoms with Crippen molar-refractivity contribution in [3.63, 3.8) is 0 Å². The first-order valence-corrected chi connectivity index (χ1v) is 14.8. The van der Waals surface area contributed by atoms with Gasteiger partial charge in [-0.2, -0.15) is 0 Å². The minimum atomic E-state index is -0.244. The zero-order valence-electron chi connectivity index (χ0n) is 22.9. The Labute approximate surface area is 211 Å². The Hall–Kier alpha value is -1.38. The molecule has 0 heterocycles. The number of para-hydroxylation sites is 1. The smallest absolute Gasteiger partial charge is 0.200 e. The summed E-state index contributed by atoms with van der Waals surface area (Å²) in [6.45, 7) is 6.79. The molecule has 0 radical (unpaired) electrons. The summed E-state index contributed by atoms with van der Waals surface area (Å²) in [5.74, 6) is 0.241. The molecule has 34 heavy (non-hydrogen) atoms. The van der Waals surface area contributed by atoms with Crippen molar-refractivity contribution in [2.24, 2.45) is 0 Å². The van der Waals surface area contributed by atoms with Crippen molar-refractivity contribution in [3.8, 4) is 17.2 Å². The van der Waals surface area contributed by atoms with Crippen LogP contribution in [0.2, 0.25) is 0 Å². The molecule has 0 bridgehead atoms. The van der Waals surface area contributed by atoms with Gasteiger partial charge in [0.15, 0.2) is 11.5 Å². The maximum absolute atomic E-state index is 10.5. The van der Waals surface area contributed by atoms with Crippen molar-refractivity contribution in [2.75, 3.05) is 0 Å². The van der Waals surface area contributed by atoms with Crippen LogP contribution in [-0.2, 0) is 0 Å². The zero-order valence-corrected chi connectivity index (χ0v) is 22.9. The second-order valence-corrected chi connectivity index (χ2v) is 10.5. The van der Waals surface area contributed by atoms with E-state index in [2.05, 4.69) is 20.8 Å². The monoisotopic (exact) mass is 476 g/mol. The standard InChI is InChI=1S/C31H56O3/c1-4-7-10-13-15-17-20-26-31(25-19-12-9-6-3,27-21-18-16-14-11-8-5-2)34-29-24-22-23-28(32)30(29)33/h22-24,32-33H,4-21,25-27H2,1-3H3. The van der Waals surface area contributed by atoms with Crippen molar-refractivity contribution >= 4 is 0 Å². The molecule has 0 fully saturated rings. The highest BCUT2D eigenvalue weighted by molar-refractivity contribution is 5.49. The average molecular weight is 477 g/mol. The third-order valence-corrected chi connectivity index (χ3v) is 7.26. The Kier molecular flexibility index (Phi) is 17.9. The Balaban J connectivity index is 2.82. The topological polar surface area (TPSA) is 49.7 Å². The summed E-state index contributed by atoms with van der Waals surface area (Å²) >= 11 is 0. The van der Waals surface area contributed by atoms with Crippen LogP contribution in [0.25, 0.3) is 0 Å². The van der Waals surface area contributed by atoms with Crippen molar-refractivity contribution < 1.29 is 14.9 Å². The molecule has 0 spiro atoms. The summed E-state index contributed by atoms with van der Waals surface area (Å²) in [7, 11) is 0. The van der Waals surface area contributed by atoms with Crippen molar-refractivity contribution in [3.05, 3.63) is 18.2 Å². The molecule has 0 saturated carbocycles. The minimum absolute atomic E-state index is 0.0933. The molecule has 1 aromatic rings. The third-order valence-electron chi connectivity index (χ3n) is 7.26. The predicted molar refractivity (Wildman–Crippen MR) is 147 cm³/mol. The highest BCUT2D eigenvalue weighted by Crippen LogP contribution is 2.41. The minimum Gasteiger partial charge on any atom is -0.504 e. The molecule has 0 aliphatic rings. The van der Waals surface area contributed by atoms with E-state index in [4.69, 9.17) is 4.74 Å². The van der Waals surface area contributed by atoms with E-state index in [9.17, 15) is 10.2 Å². The van der Waals surface area contributed by atoms with E-state index in [0.29, 0.717) is 5.75 Å². The molecule has 0 aliphatic carbocycles. The Morgan fingerprint density at radius 1 is 0.559 bits per heavy atom. The first-order valence-electron chi connectivity index (χ1n) is 14.8. The van der Waals surface area contributed by atoms with Gasteiger partial charge in [-0.3, -0.25) is 0 Å². The van der Waals surface area contributed by atoms with Crippen molar-refractivity contribution in [1.82, 2.24) is 0 Å². The summed E-state index contributed by atoms with van der Waals surface area (Å²) < 4.78 is 6.67. The lowest BCUT2D eigenvalue weighted by Crippen LogP contribution is -2.36. The number of rotatable bonds is 23. The van der Waals surface area contributed by atoms with Gasteiger partial charge in [-0.1, -0.05) is 123 Å². The molecular weight excluding hydrogens is 420 g/mol. The van der Waals surface area contributed by atoms with Gasteiger partial charge in [-0.25, -0.2) is 0 Å². The Morgan fingerprint density at radius 2 is 0.941 bits per heavy atom. The fraction of sp³-hybridized carbons (Fsp3) is 0.806. The number of hydrogen-bond donors (Lipinski definition) is 2. The van der Waals surface area contributed by atoms with Gasteiger partial charge in [-0.05, 0) is 50.7 Å². The van der Waals surface area contributed by atoms with Crippen LogP contribution < -0.4 is 4.74 Å². The number of benzene rings is 1. The van der Waals surface area contributed by atoms with E-state index in [1.54, 1.807) is 6.07 Å². The fourth-order valence-electron chi connectivity index (χ4n) is 5.04. The summed E-state index contributed by atoms with van der Waals surface area (Å²) in [6.07, 6.45) is 26.2. The third kappa shape index (κ3) is 13.5. The van der Waals surface area contributed by atoms with Crippen LogP contribution in [0.5, 0.6) is 17.2 Å². The first kappa shape index (κ1) is 30.7. The summed E-state index contributed by atoms with van der Waals surface area (Å²) in [5, 5.41) is 20.5. The lowest BCUT2D eigenvalue weighted by Gasteiger charge is -2.36. The van der Waals surface area contributed by atoms with Gasteiger partial charge in [0, 0.05) is 0 Å². The number of ether oxygens (including phenoxy) is 1. The summed E-state index contributed by atoms with van der Waals surface area (Å²) in [5.41, 5.74) is -0.244. The largest absolute Gasteiger partial charge is 0.504 e. The van der Waals surface area contributed by atoms with Gasteiger partial charge in [0.05, 0.1) is 0 Å². The lowest BCUT2D eigenvalue weighted by atomic mass is 9.84. The number of phenolic OH excluding ortho intramolecular Hbond substituents is 2. The van der Waals surface area contributed by atoms with Crippen LogP contribution in [0.3, 0.4) is 0 Å². The van der Waals surface area contributed by atoms with Gasteiger partial charge in [-0.15, -0.1) is 0 Å². The quantitative estimate of drug-likeness (QED) is 0.122. The number of phenols is 2. The van der Waals surface area contributed by atoms with Gasteiger partial charge in [0.25, 0.3) is 0 Å². The molecule has 0 atom stereocenters. The molecule has 0 amide bonds. The van der Waals surface area contributed by atoms with E-state index in [-0.39, 0.29) is 17.1 Å². The van der Waals surface area contributed by atoms with E-state index in [1.807, 2.05) is 6.07 Å². The van der Waals surface area contributed by atoms with E-state index < -0.39 is 0 Å². The molecule has 2 N–H and O–H groups in total. The molecule has 1 aromatic carbocycles. The maximum atomic E-state index is 10.5.